The van der Waals surface area contributed by atoms with Crippen LogP contribution < -0.4 is 16.4 Å². The van der Waals surface area contributed by atoms with E-state index in [9.17, 15) is 9.59 Å². The van der Waals surface area contributed by atoms with Gasteiger partial charge in [0.25, 0.3) is 5.91 Å². The monoisotopic (exact) mass is 352 g/mol. The maximum absolute atomic E-state index is 12.3. The normalized spacial score (nSPS) is 15.4. The molecule has 1 heterocycles. The Hall–Kier alpha value is -2.86. The highest BCUT2D eigenvalue weighted by atomic mass is 16.2. The maximum atomic E-state index is 12.3. The van der Waals surface area contributed by atoms with E-state index < -0.39 is 0 Å². The molecule has 0 saturated carbocycles. The van der Waals surface area contributed by atoms with E-state index in [2.05, 4.69) is 15.5 Å². The van der Waals surface area contributed by atoms with Crippen LogP contribution in [-0.2, 0) is 4.79 Å². The first-order valence-electron chi connectivity index (χ1n) is 8.84. The molecule has 0 unspecified atom stereocenters. The van der Waals surface area contributed by atoms with Crippen LogP contribution in [0.2, 0.25) is 0 Å². The molecule has 0 spiro atoms. The van der Waals surface area contributed by atoms with Gasteiger partial charge in [-0.3, -0.25) is 14.5 Å². The fourth-order valence-corrected chi connectivity index (χ4v) is 3.06. The summed E-state index contributed by atoms with van der Waals surface area (Å²) in [7, 11) is 0. The van der Waals surface area contributed by atoms with E-state index in [1.165, 1.54) is 0 Å². The van der Waals surface area contributed by atoms with Crippen LogP contribution in [0.25, 0.3) is 0 Å². The van der Waals surface area contributed by atoms with E-state index in [0.717, 1.165) is 31.6 Å². The molecule has 2 aromatic rings. The Labute approximate surface area is 153 Å². The lowest BCUT2D eigenvalue weighted by atomic mass is 10.0. The number of rotatable bonds is 5. The second-order valence-corrected chi connectivity index (χ2v) is 6.56. The van der Waals surface area contributed by atoms with Crippen molar-refractivity contribution >= 4 is 23.2 Å². The van der Waals surface area contributed by atoms with E-state index in [0.29, 0.717) is 17.8 Å². The summed E-state index contributed by atoms with van der Waals surface area (Å²) in [4.78, 5) is 26.5. The number of hydrogen-bond donors (Lipinski definition) is 3. The number of piperidine rings is 1. The number of amides is 2. The van der Waals surface area contributed by atoms with Gasteiger partial charge >= 0.3 is 0 Å². The first-order valence-corrected chi connectivity index (χ1v) is 8.84. The number of nitrogens with zero attached hydrogens (tertiary/aromatic N) is 1. The maximum Gasteiger partial charge on any atom is 0.251 e. The van der Waals surface area contributed by atoms with Crippen LogP contribution in [0.3, 0.4) is 0 Å². The third kappa shape index (κ3) is 5.07. The zero-order valence-corrected chi connectivity index (χ0v) is 14.7. The molecule has 6 heteroatoms. The Kier molecular flexibility index (Phi) is 5.86. The van der Waals surface area contributed by atoms with E-state index in [4.69, 9.17) is 5.73 Å². The number of nitrogen functional groups attached to an aromatic ring is 1. The van der Waals surface area contributed by atoms with Crippen LogP contribution in [0.5, 0.6) is 0 Å². The number of benzene rings is 2. The minimum Gasteiger partial charge on any atom is -0.399 e. The molecule has 1 aliphatic heterocycles. The number of hydrogen-bond acceptors (Lipinski definition) is 4. The Morgan fingerprint density at radius 2 is 1.65 bits per heavy atom. The van der Waals surface area contributed by atoms with Gasteiger partial charge in [0.2, 0.25) is 5.91 Å². The average molecular weight is 352 g/mol. The van der Waals surface area contributed by atoms with Crippen LogP contribution in [0.4, 0.5) is 11.4 Å². The third-order valence-corrected chi connectivity index (χ3v) is 4.52. The minimum atomic E-state index is -0.0785. The van der Waals surface area contributed by atoms with E-state index in [-0.39, 0.29) is 17.9 Å². The number of anilines is 2. The van der Waals surface area contributed by atoms with Gasteiger partial charge < -0.3 is 16.4 Å². The molecule has 0 radical (unpaired) electrons. The summed E-state index contributed by atoms with van der Waals surface area (Å²) in [5.41, 5.74) is 7.71. The first-order chi connectivity index (χ1) is 12.6. The van der Waals surface area contributed by atoms with Gasteiger partial charge in [-0.25, -0.2) is 0 Å². The van der Waals surface area contributed by atoms with Gasteiger partial charge in [0.1, 0.15) is 0 Å². The summed E-state index contributed by atoms with van der Waals surface area (Å²) in [5.74, 6) is -0.0918. The summed E-state index contributed by atoms with van der Waals surface area (Å²) >= 11 is 0. The van der Waals surface area contributed by atoms with Crippen molar-refractivity contribution in [2.24, 2.45) is 0 Å². The van der Waals surface area contributed by atoms with Crippen LogP contribution in [0, 0.1) is 0 Å². The van der Waals surface area contributed by atoms with Crippen molar-refractivity contribution in [3.8, 4) is 0 Å². The number of likely N-dealkylation sites (tertiary alicyclic amines) is 1. The van der Waals surface area contributed by atoms with E-state index in [1.807, 2.05) is 30.3 Å². The summed E-state index contributed by atoms with van der Waals surface area (Å²) in [6, 6.07) is 16.5. The highest BCUT2D eigenvalue weighted by Crippen LogP contribution is 2.13. The molecular weight excluding hydrogens is 328 g/mol. The highest BCUT2D eigenvalue weighted by Gasteiger charge is 2.22. The Bertz CT molecular complexity index is 738. The Morgan fingerprint density at radius 3 is 2.31 bits per heavy atom. The predicted molar refractivity (Wildman–Crippen MR) is 103 cm³/mol. The van der Waals surface area contributed by atoms with Crippen LogP contribution in [0.15, 0.2) is 54.6 Å². The number of nitrogens with one attached hydrogen (secondary N) is 2. The Balaban J connectivity index is 1.42. The van der Waals surface area contributed by atoms with E-state index >= 15 is 0 Å². The number of carbonyl (C=O) groups is 2. The number of nitrogens with two attached hydrogens (primary N) is 1. The van der Waals surface area contributed by atoms with Gasteiger partial charge in [-0.1, -0.05) is 18.2 Å². The molecule has 1 saturated heterocycles. The van der Waals surface area contributed by atoms with Gasteiger partial charge in [-0.05, 0) is 49.2 Å². The summed E-state index contributed by atoms with van der Waals surface area (Å²) in [5, 5.41) is 5.96. The van der Waals surface area contributed by atoms with Crippen molar-refractivity contribution in [2.75, 3.05) is 30.7 Å². The standard InChI is InChI=1S/C20H24N4O2/c21-16-8-6-15(7-9-16)20(26)23-18-10-12-24(13-11-18)14-19(25)22-17-4-2-1-3-5-17/h1-9,18H,10-14,21H2,(H,22,25)(H,23,26). The molecule has 0 aromatic heterocycles. The molecule has 6 nitrogen and oxygen atoms in total. The molecule has 136 valence electrons. The van der Waals surface area contributed by atoms with Gasteiger partial charge in [0.15, 0.2) is 0 Å². The zero-order chi connectivity index (χ0) is 18.4. The number of para-hydroxylation sites is 1. The fraction of sp³-hybridized carbons (Fsp3) is 0.300. The van der Waals surface area contributed by atoms with Gasteiger partial charge in [0.05, 0.1) is 6.54 Å². The van der Waals surface area contributed by atoms with Crippen molar-refractivity contribution < 1.29 is 9.59 Å². The first kappa shape index (κ1) is 17.9. The molecule has 0 aliphatic carbocycles. The highest BCUT2D eigenvalue weighted by molar-refractivity contribution is 5.94. The van der Waals surface area contributed by atoms with Gasteiger partial charge in [-0.15, -0.1) is 0 Å². The molecule has 0 bridgehead atoms. The van der Waals surface area contributed by atoms with Crippen molar-refractivity contribution in [2.45, 2.75) is 18.9 Å². The lowest BCUT2D eigenvalue weighted by molar-refractivity contribution is -0.117. The van der Waals surface area contributed by atoms with Crippen molar-refractivity contribution in [1.29, 1.82) is 0 Å². The van der Waals surface area contributed by atoms with Crippen molar-refractivity contribution in [3.63, 3.8) is 0 Å². The van der Waals surface area contributed by atoms with Crippen LogP contribution in [0.1, 0.15) is 23.2 Å². The predicted octanol–water partition coefficient (Wildman–Crippen LogP) is 2.10. The summed E-state index contributed by atoms with van der Waals surface area (Å²) in [6.07, 6.45) is 1.67. The van der Waals surface area contributed by atoms with E-state index in [1.54, 1.807) is 24.3 Å². The summed E-state index contributed by atoms with van der Waals surface area (Å²) < 4.78 is 0. The smallest absolute Gasteiger partial charge is 0.251 e. The number of carbonyl (C=O) groups excluding carboxylic acids is 2. The molecule has 26 heavy (non-hydrogen) atoms. The SMILES string of the molecule is Nc1ccc(C(=O)NC2CCN(CC(=O)Nc3ccccc3)CC2)cc1. The van der Waals surface area contributed by atoms with Crippen LogP contribution in [-0.4, -0.2) is 42.4 Å². The molecule has 0 atom stereocenters. The molecule has 2 aromatic carbocycles. The second-order valence-electron chi connectivity index (χ2n) is 6.56. The molecule has 1 aliphatic rings. The van der Waals surface area contributed by atoms with Crippen molar-refractivity contribution in [3.05, 3.63) is 60.2 Å². The molecule has 3 rings (SSSR count). The molecule has 2 amide bonds. The largest absolute Gasteiger partial charge is 0.399 e. The lowest BCUT2D eigenvalue weighted by Crippen LogP contribution is -2.46. The Morgan fingerprint density at radius 1 is 1.00 bits per heavy atom. The summed E-state index contributed by atoms with van der Waals surface area (Å²) in [6.45, 7) is 1.94. The second kappa shape index (κ2) is 8.49. The average Bonchev–Trinajstić information content (AvgIpc) is 2.64. The molecule has 4 N–H and O–H groups in total. The van der Waals surface area contributed by atoms with Gasteiger partial charge in [0, 0.05) is 36.1 Å². The topological polar surface area (TPSA) is 87.5 Å². The fourth-order valence-electron chi connectivity index (χ4n) is 3.06. The lowest BCUT2D eigenvalue weighted by Gasteiger charge is -2.31. The third-order valence-electron chi connectivity index (χ3n) is 4.52. The van der Waals surface area contributed by atoms with Crippen molar-refractivity contribution in [1.82, 2.24) is 10.2 Å². The quantitative estimate of drug-likeness (QED) is 0.719. The molecular formula is C20H24N4O2. The van der Waals surface area contributed by atoms with Gasteiger partial charge in [-0.2, -0.15) is 0 Å². The minimum absolute atomic E-state index is 0.0134. The molecule has 1 fully saturated rings. The van der Waals surface area contributed by atoms with Crippen LogP contribution >= 0.6 is 0 Å². The zero-order valence-electron chi connectivity index (χ0n) is 14.7.